The molecule has 0 unspecified atom stereocenters. The van der Waals surface area contributed by atoms with Crippen LogP contribution in [0.15, 0.2) is 48.5 Å². The summed E-state index contributed by atoms with van der Waals surface area (Å²) in [5.74, 6) is -0.254. The Balaban J connectivity index is 2.96. The third kappa shape index (κ3) is 2.54. The van der Waals surface area contributed by atoms with E-state index in [1.54, 1.807) is 0 Å². The fourth-order valence-electron chi connectivity index (χ4n) is 3.42. The predicted molar refractivity (Wildman–Crippen MR) is 90.0 cm³/mol. The molecule has 3 nitrogen and oxygen atoms in total. The number of rotatable bonds is 4. The van der Waals surface area contributed by atoms with Crippen molar-refractivity contribution in [2.45, 2.75) is 32.9 Å². The zero-order valence-corrected chi connectivity index (χ0v) is 14.3. The molecule has 2 N–H and O–H groups in total. The van der Waals surface area contributed by atoms with Crippen molar-refractivity contribution in [2.24, 2.45) is 5.92 Å². The van der Waals surface area contributed by atoms with E-state index in [2.05, 4.69) is 0 Å². The maximum Gasteiger partial charge on any atom is 0.340 e. The summed E-state index contributed by atoms with van der Waals surface area (Å²) < 4.78 is 12.7. The predicted octanol–water partition coefficient (Wildman–Crippen LogP) is 4.38. The molecule has 2 aromatic carbocycles. The molecule has 0 bridgehead atoms. The summed E-state index contributed by atoms with van der Waals surface area (Å²) in [6, 6.07) is 14.9. The summed E-state index contributed by atoms with van der Waals surface area (Å²) in [4.78, 5) is 20.7. The Bertz CT molecular complexity index is 670. The molecule has 0 aliphatic rings. The van der Waals surface area contributed by atoms with E-state index in [0.717, 1.165) is 11.1 Å². The minimum atomic E-state index is -4.46. The molecule has 0 atom stereocenters. The van der Waals surface area contributed by atoms with Crippen LogP contribution in [-0.4, -0.2) is 9.79 Å². The number of aryl methyl sites for hydroxylation is 2. The normalized spacial score (nSPS) is 12.7. The first-order chi connectivity index (χ1) is 10.2. The average molecular weight is 318 g/mol. The highest BCUT2D eigenvalue weighted by Gasteiger charge is 2.53. The molecule has 2 aromatic rings. The van der Waals surface area contributed by atoms with Crippen molar-refractivity contribution in [3.05, 3.63) is 70.8 Å². The molecule has 22 heavy (non-hydrogen) atoms. The van der Waals surface area contributed by atoms with Crippen LogP contribution < -0.4 is 0 Å². The first kappa shape index (κ1) is 17.0. The summed E-state index contributed by atoms with van der Waals surface area (Å²) in [5.41, 5.74) is 3.19. The van der Waals surface area contributed by atoms with Crippen LogP contribution in [0.25, 0.3) is 0 Å². The first-order valence-corrected chi connectivity index (χ1v) is 9.02. The van der Waals surface area contributed by atoms with Crippen molar-refractivity contribution >= 4 is 7.60 Å². The molecule has 0 radical (unpaired) electrons. The van der Waals surface area contributed by atoms with Gasteiger partial charge in [0.15, 0.2) is 0 Å². The molecular formula is C18H23O3P. The molecule has 4 heteroatoms. The van der Waals surface area contributed by atoms with Crippen LogP contribution >= 0.6 is 7.60 Å². The summed E-state index contributed by atoms with van der Waals surface area (Å²) in [5, 5.41) is -1.33. The van der Waals surface area contributed by atoms with Gasteiger partial charge in [0.25, 0.3) is 0 Å². The number of hydrogen-bond acceptors (Lipinski definition) is 1. The molecule has 0 amide bonds. The zero-order chi connectivity index (χ0) is 16.5. The van der Waals surface area contributed by atoms with Crippen molar-refractivity contribution in [1.82, 2.24) is 0 Å². The Labute approximate surface area is 132 Å². The standard InChI is InChI=1S/C18H23O3P/c1-13(2)18(22(19,20)21,16-11-7-5-9-14(16)3)17-12-8-6-10-15(17)4/h5-13H,1-4H3,(H2,19,20,21). The van der Waals surface area contributed by atoms with Gasteiger partial charge >= 0.3 is 7.60 Å². The minimum Gasteiger partial charge on any atom is -0.324 e. The summed E-state index contributed by atoms with van der Waals surface area (Å²) in [7, 11) is -4.46. The third-order valence-electron chi connectivity index (χ3n) is 4.41. The second-order valence-corrected chi connectivity index (χ2v) is 7.89. The molecule has 2 rings (SSSR count). The van der Waals surface area contributed by atoms with Crippen LogP contribution in [0.3, 0.4) is 0 Å². The highest BCUT2D eigenvalue weighted by atomic mass is 31.2. The van der Waals surface area contributed by atoms with E-state index in [0.29, 0.717) is 11.1 Å². The van der Waals surface area contributed by atoms with Crippen molar-refractivity contribution < 1.29 is 14.4 Å². The molecule has 0 saturated carbocycles. The van der Waals surface area contributed by atoms with Crippen molar-refractivity contribution in [3.63, 3.8) is 0 Å². The fourth-order valence-corrected chi connectivity index (χ4v) is 5.22. The third-order valence-corrected chi connectivity index (χ3v) is 6.32. The maximum atomic E-state index is 12.7. The van der Waals surface area contributed by atoms with E-state index in [9.17, 15) is 14.4 Å². The lowest BCUT2D eigenvalue weighted by Gasteiger charge is -2.40. The van der Waals surface area contributed by atoms with Gasteiger partial charge in [0, 0.05) is 0 Å². The fraction of sp³-hybridized carbons (Fsp3) is 0.333. The Morgan fingerprint density at radius 2 is 1.23 bits per heavy atom. The Kier molecular flexibility index (Phi) is 4.62. The summed E-state index contributed by atoms with van der Waals surface area (Å²) in [6.45, 7) is 7.55. The van der Waals surface area contributed by atoms with Gasteiger partial charge in [-0.3, -0.25) is 4.57 Å². The van der Waals surface area contributed by atoms with E-state index in [4.69, 9.17) is 0 Å². The second-order valence-electron chi connectivity index (χ2n) is 6.09. The highest BCUT2D eigenvalue weighted by Crippen LogP contribution is 2.65. The highest BCUT2D eigenvalue weighted by molar-refractivity contribution is 7.53. The van der Waals surface area contributed by atoms with Crippen LogP contribution in [0.4, 0.5) is 0 Å². The lowest BCUT2D eigenvalue weighted by atomic mass is 9.78. The van der Waals surface area contributed by atoms with E-state index >= 15 is 0 Å². The van der Waals surface area contributed by atoms with Crippen LogP contribution in [0.2, 0.25) is 0 Å². The van der Waals surface area contributed by atoms with Gasteiger partial charge in [0.1, 0.15) is 5.16 Å². The molecule has 0 heterocycles. The monoisotopic (exact) mass is 318 g/mol. The van der Waals surface area contributed by atoms with E-state index in [-0.39, 0.29) is 5.92 Å². The molecule has 118 valence electrons. The second kappa shape index (κ2) is 6.00. The molecule has 0 aliphatic carbocycles. The summed E-state index contributed by atoms with van der Waals surface area (Å²) >= 11 is 0. The molecule has 0 spiro atoms. The average Bonchev–Trinajstić information content (AvgIpc) is 2.41. The van der Waals surface area contributed by atoms with Crippen LogP contribution in [-0.2, 0) is 9.72 Å². The van der Waals surface area contributed by atoms with Gasteiger partial charge in [0.2, 0.25) is 0 Å². The van der Waals surface area contributed by atoms with Gasteiger partial charge < -0.3 is 9.79 Å². The van der Waals surface area contributed by atoms with Gasteiger partial charge in [-0.05, 0) is 42.0 Å². The summed E-state index contributed by atoms with van der Waals surface area (Å²) in [6.07, 6.45) is 0. The van der Waals surface area contributed by atoms with Crippen LogP contribution in [0.5, 0.6) is 0 Å². The lowest BCUT2D eigenvalue weighted by molar-refractivity contribution is 0.309. The van der Waals surface area contributed by atoms with Crippen molar-refractivity contribution in [3.8, 4) is 0 Å². The Morgan fingerprint density at radius 1 is 0.864 bits per heavy atom. The Morgan fingerprint density at radius 3 is 1.50 bits per heavy atom. The molecular weight excluding hydrogens is 295 g/mol. The van der Waals surface area contributed by atoms with Gasteiger partial charge in [-0.2, -0.15) is 0 Å². The SMILES string of the molecule is Cc1ccccc1C(c1ccccc1C)(C(C)C)P(=O)(O)O. The van der Waals surface area contributed by atoms with Gasteiger partial charge in [-0.15, -0.1) is 0 Å². The van der Waals surface area contributed by atoms with Gasteiger partial charge in [-0.25, -0.2) is 0 Å². The molecule has 0 fully saturated rings. The maximum absolute atomic E-state index is 12.7. The van der Waals surface area contributed by atoms with Gasteiger partial charge in [0.05, 0.1) is 0 Å². The smallest absolute Gasteiger partial charge is 0.324 e. The Hall–Kier alpha value is -1.41. The lowest BCUT2D eigenvalue weighted by Crippen LogP contribution is -2.35. The zero-order valence-electron chi connectivity index (χ0n) is 13.4. The van der Waals surface area contributed by atoms with Crippen LogP contribution in [0, 0.1) is 19.8 Å². The van der Waals surface area contributed by atoms with Crippen molar-refractivity contribution in [1.29, 1.82) is 0 Å². The van der Waals surface area contributed by atoms with E-state index < -0.39 is 12.8 Å². The molecule has 0 aliphatic heterocycles. The first-order valence-electron chi connectivity index (χ1n) is 7.40. The van der Waals surface area contributed by atoms with Gasteiger partial charge in [-0.1, -0.05) is 62.4 Å². The van der Waals surface area contributed by atoms with E-state index in [1.807, 2.05) is 76.2 Å². The minimum absolute atomic E-state index is 0.254. The van der Waals surface area contributed by atoms with Crippen LogP contribution in [0.1, 0.15) is 36.1 Å². The topological polar surface area (TPSA) is 57.5 Å². The number of hydrogen-bond donors (Lipinski definition) is 2. The quantitative estimate of drug-likeness (QED) is 0.823. The van der Waals surface area contributed by atoms with E-state index in [1.165, 1.54) is 0 Å². The molecule has 0 saturated heterocycles. The number of benzene rings is 2. The molecule has 0 aromatic heterocycles. The van der Waals surface area contributed by atoms with Crippen molar-refractivity contribution in [2.75, 3.05) is 0 Å². The largest absolute Gasteiger partial charge is 0.340 e.